The van der Waals surface area contributed by atoms with E-state index in [4.69, 9.17) is 4.74 Å². The van der Waals surface area contributed by atoms with Crippen LogP contribution in [-0.2, 0) is 9.53 Å². The summed E-state index contributed by atoms with van der Waals surface area (Å²) in [6.45, 7) is 5.26. The summed E-state index contributed by atoms with van der Waals surface area (Å²) in [6.07, 6.45) is 0.0477. The quantitative estimate of drug-likeness (QED) is 0.853. The Morgan fingerprint density at radius 2 is 2.05 bits per heavy atom. The Morgan fingerprint density at radius 3 is 2.53 bits per heavy atom. The number of hydrogen-bond acceptors (Lipinski definition) is 4. The van der Waals surface area contributed by atoms with Crippen LogP contribution in [0.5, 0.6) is 5.75 Å². The molecule has 1 N–H and O–H groups in total. The number of rotatable bonds is 3. The summed E-state index contributed by atoms with van der Waals surface area (Å²) in [6, 6.07) is 5.43. The molecule has 1 amide bonds. The molecule has 0 radical (unpaired) electrons. The maximum Gasteiger partial charge on any atom is 0.410 e. The van der Waals surface area contributed by atoms with E-state index in [9.17, 15) is 14.7 Å². The van der Waals surface area contributed by atoms with Crippen LogP contribution in [0.3, 0.4) is 0 Å². The molecule has 5 heteroatoms. The highest BCUT2D eigenvalue weighted by atomic mass is 16.6. The third-order valence-corrected chi connectivity index (χ3v) is 2.44. The van der Waals surface area contributed by atoms with Crippen molar-refractivity contribution in [3.63, 3.8) is 0 Å². The number of nitrogens with zero attached hydrogens (tertiary/aromatic N) is 1. The summed E-state index contributed by atoms with van der Waals surface area (Å²) in [4.78, 5) is 24.3. The number of phenolic OH excluding ortho intramolecular Hbond substituents is 1. The van der Waals surface area contributed by atoms with Gasteiger partial charge < -0.3 is 14.6 Å². The van der Waals surface area contributed by atoms with Crippen molar-refractivity contribution in [1.82, 2.24) is 4.90 Å². The topological polar surface area (TPSA) is 66.8 Å². The molecule has 0 saturated carbocycles. The van der Waals surface area contributed by atoms with Crippen molar-refractivity contribution in [2.75, 3.05) is 7.05 Å². The van der Waals surface area contributed by atoms with Crippen LogP contribution in [-0.4, -0.2) is 35.0 Å². The average Bonchev–Trinajstić information content (AvgIpc) is 2.27. The average molecular weight is 265 g/mol. The third-order valence-electron chi connectivity index (χ3n) is 2.44. The molecule has 0 heterocycles. The van der Waals surface area contributed by atoms with Crippen molar-refractivity contribution in [1.29, 1.82) is 0 Å². The largest absolute Gasteiger partial charge is 0.508 e. The fraction of sp³-hybridized carbons (Fsp3) is 0.429. The lowest BCUT2D eigenvalue weighted by atomic mass is 10.1. The molecule has 1 rings (SSSR count). The minimum atomic E-state index is -0.790. The predicted octanol–water partition coefficient (Wildman–Crippen LogP) is 2.50. The standard InChI is InChI=1S/C14H19NO4/c1-14(2,3)19-13(18)15(4)12(9-16)10-6-5-7-11(17)8-10/h5-9,12,17H,1-4H3. The first-order valence-electron chi connectivity index (χ1n) is 5.94. The molecule has 19 heavy (non-hydrogen) atoms. The van der Waals surface area contributed by atoms with Crippen LogP contribution >= 0.6 is 0 Å². The summed E-state index contributed by atoms with van der Waals surface area (Å²) in [5.74, 6) is 0.0435. The van der Waals surface area contributed by atoms with E-state index in [0.717, 1.165) is 0 Å². The van der Waals surface area contributed by atoms with Crippen LogP contribution in [0.4, 0.5) is 4.79 Å². The molecule has 0 spiro atoms. The Morgan fingerprint density at radius 1 is 1.42 bits per heavy atom. The zero-order chi connectivity index (χ0) is 14.6. The molecule has 0 aromatic heterocycles. The van der Waals surface area contributed by atoms with Crippen molar-refractivity contribution >= 4 is 12.4 Å². The number of carbonyl (C=O) groups excluding carboxylic acids is 2. The molecular formula is C14H19NO4. The van der Waals surface area contributed by atoms with Gasteiger partial charge in [0.15, 0.2) is 0 Å². The van der Waals surface area contributed by atoms with E-state index in [1.165, 1.54) is 24.1 Å². The van der Waals surface area contributed by atoms with E-state index >= 15 is 0 Å². The van der Waals surface area contributed by atoms with Gasteiger partial charge in [0.25, 0.3) is 0 Å². The van der Waals surface area contributed by atoms with Gasteiger partial charge in [0.1, 0.15) is 23.7 Å². The molecule has 1 atom stereocenters. The lowest BCUT2D eigenvalue weighted by molar-refractivity contribution is -0.112. The number of likely N-dealkylation sites (N-methyl/N-ethyl adjacent to an activating group) is 1. The number of hydrogen-bond donors (Lipinski definition) is 1. The fourth-order valence-electron chi connectivity index (χ4n) is 1.55. The number of ether oxygens (including phenoxy) is 1. The van der Waals surface area contributed by atoms with Crippen LogP contribution in [0.2, 0.25) is 0 Å². The maximum absolute atomic E-state index is 11.9. The predicted molar refractivity (Wildman–Crippen MR) is 70.9 cm³/mol. The van der Waals surface area contributed by atoms with Gasteiger partial charge in [-0.1, -0.05) is 12.1 Å². The van der Waals surface area contributed by atoms with Crippen LogP contribution in [0.1, 0.15) is 32.4 Å². The summed E-state index contributed by atoms with van der Waals surface area (Å²) >= 11 is 0. The number of phenols is 1. The Balaban J connectivity index is 2.91. The Bertz CT molecular complexity index is 465. The lowest BCUT2D eigenvalue weighted by Gasteiger charge is -2.28. The molecule has 0 saturated heterocycles. The summed E-state index contributed by atoms with van der Waals surface area (Å²) in [7, 11) is 1.48. The maximum atomic E-state index is 11.9. The molecule has 1 aromatic rings. The van der Waals surface area contributed by atoms with Crippen molar-refractivity contribution < 1.29 is 19.4 Å². The minimum Gasteiger partial charge on any atom is -0.508 e. The first-order valence-corrected chi connectivity index (χ1v) is 5.94. The van der Waals surface area contributed by atoms with Crippen LogP contribution in [0.25, 0.3) is 0 Å². The molecule has 1 aromatic carbocycles. The number of aldehydes is 1. The fourth-order valence-corrected chi connectivity index (χ4v) is 1.55. The second-order valence-electron chi connectivity index (χ2n) is 5.27. The van der Waals surface area contributed by atoms with Gasteiger partial charge in [0, 0.05) is 7.05 Å². The van der Waals surface area contributed by atoms with E-state index in [2.05, 4.69) is 0 Å². The minimum absolute atomic E-state index is 0.0435. The molecule has 0 bridgehead atoms. The molecule has 0 aliphatic rings. The second-order valence-corrected chi connectivity index (χ2v) is 5.27. The molecule has 0 aliphatic heterocycles. The summed E-state index contributed by atoms with van der Waals surface area (Å²) in [5.41, 5.74) is -0.0965. The second kappa shape index (κ2) is 5.73. The van der Waals surface area contributed by atoms with E-state index in [1.807, 2.05) is 0 Å². The summed E-state index contributed by atoms with van der Waals surface area (Å²) < 4.78 is 5.20. The van der Waals surface area contributed by atoms with Crippen molar-refractivity contribution in [3.8, 4) is 5.75 Å². The van der Waals surface area contributed by atoms with Crippen molar-refractivity contribution in [2.45, 2.75) is 32.4 Å². The van der Waals surface area contributed by atoms with Crippen LogP contribution in [0.15, 0.2) is 24.3 Å². The third kappa shape index (κ3) is 4.28. The highest BCUT2D eigenvalue weighted by Gasteiger charge is 2.26. The SMILES string of the molecule is CN(C(=O)OC(C)(C)C)C(C=O)c1cccc(O)c1. The first kappa shape index (κ1) is 15.0. The van der Waals surface area contributed by atoms with E-state index in [1.54, 1.807) is 32.9 Å². The Labute approximate surface area is 112 Å². The number of benzene rings is 1. The van der Waals surface area contributed by atoms with Crippen LogP contribution in [0, 0.1) is 0 Å². The first-order chi connectivity index (χ1) is 8.74. The van der Waals surface area contributed by atoms with Gasteiger partial charge in [-0.3, -0.25) is 4.90 Å². The molecule has 0 fully saturated rings. The zero-order valence-electron chi connectivity index (χ0n) is 11.6. The van der Waals surface area contributed by atoms with Gasteiger partial charge in [-0.25, -0.2) is 4.79 Å². The number of aromatic hydroxyl groups is 1. The molecule has 104 valence electrons. The highest BCUT2D eigenvalue weighted by Crippen LogP contribution is 2.22. The van der Waals surface area contributed by atoms with Crippen molar-refractivity contribution in [3.05, 3.63) is 29.8 Å². The van der Waals surface area contributed by atoms with Gasteiger partial charge in [0.05, 0.1) is 0 Å². The Hall–Kier alpha value is -2.04. The van der Waals surface area contributed by atoms with Gasteiger partial charge in [-0.2, -0.15) is 0 Å². The van der Waals surface area contributed by atoms with Gasteiger partial charge in [-0.05, 0) is 38.5 Å². The molecule has 1 unspecified atom stereocenters. The normalized spacial score (nSPS) is 12.6. The van der Waals surface area contributed by atoms with Crippen LogP contribution < -0.4 is 0 Å². The molecule has 5 nitrogen and oxygen atoms in total. The van der Waals surface area contributed by atoms with Crippen molar-refractivity contribution in [2.24, 2.45) is 0 Å². The monoisotopic (exact) mass is 265 g/mol. The zero-order valence-corrected chi connectivity index (χ0v) is 11.6. The molecular weight excluding hydrogens is 246 g/mol. The van der Waals surface area contributed by atoms with E-state index in [-0.39, 0.29) is 5.75 Å². The van der Waals surface area contributed by atoms with Gasteiger partial charge in [-0.15, -0.1) is 0 Å². The lowest BCUT2D eigenvalue weighted by Crippen LogP contribution is -2.37. The Kier molecular flexibility index (Phi) is 4.53. The molecule has 0 aliphatic carbocycles. The van der Waals surface area contributed by atoms with E-state index in [0.29, 0.717) is 11.8 Å². The van der Waals surface area contributed by atoms with Gasteiger partial charge in [0.2, 0.25) is 0 Å². The van der Waals surface area contributed by atoms with E-state index < -0.39 is 17.7 Å². The van der Waals surface area contributed by atoms with Gasteiger partial charge >= 0.3 is 6.09 Å². The smallest absolute Gasteiger partial charge is 0.410 e. The highest BCUT2D eigenvalue weighted by molar-refractivity contribution is 5.74. The summed E-state index contributed by atoms with van der Waals surface area (Å²) in [5, 5.41) is 9.41. The number of amides is 1. The number of carbonyl (C=O) groups is 2.